The molecule has 0 bridgehead atoms. The van der Waals surface area contributed by atoms with E-state index < -0.39 is 12.0 Å². The van der Waals surface area contributed by atoms with E-state index in [2.05, 4.69) is 10.1 Å². The van der Waals surface area contributed by atoms with Gasteiger partial charge in [-0.3, -0.25) is 4.79 Å². The highest BCUT2D eigenvalue weighted by atomic mass is 16.5. The maximum atomic E-state index is 11.6. The molecule has 4 heteroatoms. The number of allylic oxidation sites excluding steroid dienone is 1. The van der Waals surface area contributed by atoms with Gasteiger partial charge < -0.3 is 10.1 Å². The molecule has 0 saturated heterocycles. The van der Waals surface area contributed by atoms with E-state index in [0.717, 1.165) is 5.57 Å². The fourth-order valence-electron chi connectivity index (χ4n) is 1.33. The van der Waals surface area contributed by atoms with E-state index in [1.165, 1.54) is 7.11 Å². The zero-order chi connectivity index (χ0) is 13.4. The first-order chi connectivity index (χ1) is 7.86. The molecule has 1 N–H and O–H groups in total. The lowest BCUT2D eigenvalue weighted by Crippen LogP contribution is -2.41. The fraction of sp³-hybridized carbons (Fsp3) is 0.692. The molecule has 4 nitrogen and oxygen atoms in total. The van der Waals surface area contributed by atoms with Gasteiger partial charge in [0, 0.05) is 6.42 Å². The number of carbonyl (C=O) groups excluding carboxylic acids is 2. The van der Waals surface area contributed by atoms with Gasteiger partial charge in [0.25, 0.3) is 0 Å². The minimum Gasteiger partial charge on any atom is -0.467 e. The largest absolute Gasteiger partial charge is 0.467 e. The third-order valence-electron chi connectivity index (χ3n) is 2.18. The summed E-state index contributed by atoms with van der Waals surface area (Å²) < 4.78 is 4.67. The summed E-state index contributed by atoms with van der Waals surface area (Å²) in [6.07, 6.45) is 2.80. The molecule has 1 atom stereocenters. The highest BCUT2D eigenvalue weighted by Gasteiger charge is 2.20. The molecule has 0 aromatic carbocycles. The third-order valence-corrected chi connectivity index (χ3v) is 2.18. The Kier molecular flexibility index (Phi) is 7.26. The lowest BCUT2D eigenvalue weighted by molar-refractivity contribution is -0.145. The van der Waals surface area contributed by atoms with Crippen molar-refractivity contribution in [3.63, 3.8) is 0 Å². The molecule has 0 heterocycles. The van der Waals surface area contributed by atoms with Crippen molar-refractivity contribution in [1.29, 1.82) is 0 Å². The van der Waals surface area contributed by atoms with E-state index in [1.807, 2.05) is 33.8 Å². The summed E-state index contributed by atoms with van der Waals surface area (Å²) in [6.45, 7) is 7.82. The maximum Gasteiger partial charge on any atom is 0.328 e. The molecule has 0 aliphatic carbocycles. The maximum absolute atomic E-state index is 11.6. The SMILES string of the molecule is COC(=O)[C@H](CC=C(C)C)NC(=O)CC(C)C. The monoisotopic (exact) mass is 241 g/mol. The summed E-state index contributed by atoms with van der Waals surface area (Å²) in [7, 11) is 1.33. The standard InChI is InChI=1S/C13H23NO3/c1-9(2)6-7-11(13(16)17-5)14-12(15)8-10(3)4/h6,10-11H,7-8H2,1-5H3,(H,14,15)/t11-/m0/s1. The van der Waals surface area contributed by atoms with Crippen molar-refractivity contribution in [2.45, 2.75) is 46.6 Å². The summed E-state index contributed by atoms with van der Waals surface area (Å²) in [4.78, 5) is 23.1. The zero-order valence-electron chi connectivity index (χ0n) is 11.4. The van der Waals surface area contributed by atoms with Crippen molar-refractivity contribution in [2.24, 2.45) is 5.92 Å². The third kappa shape index (κ3) is 7.55. The Hall–Kier alpha value is -1.32. The van der Waals surface area contributed by atoms with Gasteiger partial charge in [-0.1, -0.05) is 25.5 Å². The Morgan fingerprint density at radius 3 is 2.29 bits per heavy atom. The van der Waals surface area contributed by atoms with Crippen LogP contribution in [0, 0.1) is 5.92 Å². The highest BCUT2D eigenvalue weighted by Crippen LogP contribution is 2.04. The average Bonchev–Trinajstić information content (AvgIpc) is 2.21. The molecule has 0 rings (SSSR count). The van der Waals surface area contributed by atoms with Gasteiger partial charge in [0.05, 0.1) is 7.11 Å². The smallest absolute Gasteiger partial charge is 0.328 e. The normalized spacial score (nSPS) is 11.9. The first kappa shape index (κ1) is 15.7. The fourth-order valence-corrected chi connectivity index (χ4v) is 1.33. The molecule has 98 valence electrons. The van der Waals surface area contributed by atoms with Crippen molar-refractivity contribution in [3.8, 4) is 0 Å². The van der Waals surface area contributed by atoms with E-state index in [0.29, 0.717) is 12.8 Å². The Balaban J connectivity index is 4.44. The molecule has 0 radical (unpaired) electrons. The molecule has 0 unspecified atom stereocenters. The molecule has 0 fully saturated rings. The zero-order valence-corrected chi connectivity index (χ0v) is 11.4. The minimum absolute atomic E-state index is 0.113. The summed E-state index contributed by atoms with van der Waals surface area (Å²) >= 11 is 0. The van der Waals surface area contributed by atoms with Crippen molar-refractivity contribution in [2.75, 3.05) is 7.11 Å². The summed E-state index contributed by atoms with van der Waals surface area (Å²) in [5, 5.41) is 2.70. The second-order valence-electron chi connectivity index (χ2n) is 4.76. The van der Waals surface area contributed by atoms with Gasteiger partial charge in [-0.2, -0.15) is 0 Å². The molecule has 0 aromatic heterocycles. The van der Waals surface area contributed by atoms with Crippen LogP contribution in [0.4, 0.5) is 0 Å². The van der Waals surface area contributed by atoms with E-state index in [1.54, 1.807) is 0 Å². The van der Waals surface area contributed by atoms with Crippen LogP contribution >= 0.6 is 0 Å². The number of hydrogen-bond acceptors (Lipinski definition) is 3. The predicted molar refractivity (Wildman–Crippen MR) is 67.4 cm³/mol. The van der Waals surface area contributed by atoms with Gasteiger partial charge >= 0.3 is 5.97 Å². The van der Waals surface area contributed by atoms with Gasteiger partial charge in [0.15, 0.2) is 0 Å². The number of esters is 1. The number of nitrogens with one attached hydrogen (secondary N) is 1. The van der Waals surface area contributed by atoms with Gasteiger partial charge in [0.2, 0.25) is 5.91 Å². The van der Waals surface area contributed by atoms with Gasteiger partial charge in [-0.25, -0.2) is 4.79 Å². The van der Waals surface area contributed by atoms with Gasteiger partial charge in [0.1, 0.15) is 6.04 Å². The van der Waals surface area contributed by atoms with E-state index in [9.17, 15) is 9.59 Å². The Labute approximate surface area is 103 Å². The number of amides is 1. The van der Waals surface area contributed by atoms with Crippen molar-refractivity contribution >= 4 is 11.9 Å². The topological polar surface area (TPSA) is 55.4 Å². The van der Waals surface area contributed by atoms with Crippen LogP contribution in [0.1, 0.15) is 40.5 Å². The van der Waals surface area contributed by atoms with Crippen LogP contribution in [0.25, 0.3) is 0 Å². The van der Waals surface area contributed by atoms with Crippen LogP contribution in [-0.4, -0.2) is 25.0 Å². The lowest BCUT2D eigenvalue weighted by Gasteiger charge is -2.15. The number of rotatable bonds is 6. The Morgan fingerprint density at radius 2 is 1.88 bits per heavy atom. The molecule has 0 aliphatic heterocycles. The number of methoxy groups -OCH3 is 1. The predicted octanol–water partition coefficient (Wildman–Crippen LogP) is 2.05. The van der Waals surface area contributed by atoms with Gasteiger partial charge in [-0.05, 0) is 26.2 Å². The van der Waals surface area contributed by atoms with Crippen LogP contribution in [0.3, 0.4) is 0 Å². The van der Waals surface area contributed by atoms with Crippen molar-refractivity contribution in [1.82, 2.24) is 5.32 Å². The number of carbonyl (C=O) groups is 2. The average molecular weight is 241 g/mol. The van der Waals surface area contributed by atoms with E-state index >= 15 is 0 Å². The minimum atomic E-state index is -0.582. The number of hydrogen-bond donors (Lipinski definition) is 1. The molecule has 1 amide bonds. The number of ether oxygens (including phenoxy) is 1. The summed E-state index contributed by atoms with van der Waals surface area (Å²) in [5.41, 5.74) is 1.11. The Morgan fingerprint density at radius 1 is 1.29 bits per heavy atom. The second kappa shape index (κ2) is 7.87. The lowest BCUT2D eigenvalue weighted by atomic mass is 10.1. The van der Waals surface area contributed by atoms with Crippen LogP contribution in [-0.2, 0) is 14.3 Å². The van der Waals surface area contributed by atoms with Crippen molar-refractivity contribution < 1.29 is 14.3 Å². The summed E-state index contributed by atoms with van der Waals surface area (Å²) in [5.74, 6) is -0.242. The molecule has 0 spiro atoms. The first-order valence-electron chi connectivity index (χ1n) is 5.87. The molecular formula is C13H23NO3. The van der Waals surface area contributed by atoms with Crippen molar-refractivity contribution in [3.05, 3.63) is 11.6 Å². The first-order valence-corrected chi connectivity index (χ1v) is 5.87. The Bertz CT molecular complexity index is 291. The highest BCUT2D eigenvalue weighted by molar-refractivity contribution is 5.84. The van der Waals surface area contributed by atoms with Crippen LogP contribution < -0.4 is 5.32 Å². The molecule has 0 aromatic rings. The van der Waals surface area contributed by atoms with E-state index in [4.69, 9.17) is 0 Å². The summed E-state index contributed by atoms with van der Waals surface area (Å²) in [6, 6.07) is -0.582. The molecule has 17 heavy (non-hydrogen) atoms. The van der Waals surface area contributed by atoms with Crippen LogP contribution in [0.2, 0.25) is 0 Å². The van der Waals surface area contributed by atoms with Crippen LogP contribution in [0.15, 0.2) is 11.6 Å². The van der Waals surface area contributed by atoms with E-state index in [-0.39, 0.29) is 11.8 Å². The molecular weight excluding hydrogens is 218 g/mol. The van der Waals surface area contributed by atoms with Gasteiger partial charge in [-0.15, -0.1) is 0 Å². The second-order valence-corrected chi connectivity index (χ2v) is 4.76. The molecule has 0 aliphatic rings. The molecule has 0 saturated carbocycles. The quantitative estimate of drug-likeness (QED) is 0.572. The van der Waals surface area contributed by atoms with Crippen LogP contribution in [0.5, 0.6) is 0 Å².